The van der Waals surface area contributed by atoms with Gasteiger partial charge in [-0.1, -0.05) is 0 Å². The molecule has 0 atom stereocenters. The van der Waals surface area contributed by atoms with Crippen molar-refractivity contribution < 1.29 is 31.3 Å². The molecule has 0 aliphatic carbocycles. The molecule has 2 aromatic rings. The molecule has 0 aliphatic heterocycles. The van der Waals surface area contributed by atoms with Crippen LogP contribution in [0.1, 0.15) is 22.4 Å². The van der Waals surface area contributed by atoms with E-state index in [0.717, 1.165) is 6.07 Å². The van der Waals surface area contributed by atoms with E-state index in [-0.39, 0.29) is 17.0 Å². The summed E-state index contributed by atoms with van der Waals surface area (Å²) in [6.07, 6.45) is -9.94. The van der Waals surface area contributed by atoms with Gasteiger partial charge in [0.05, 0.1) is 16.1 Å². The van der Waals surface area contributed by atoms with Crippen LogP contribution in [0.3, 0.4) is 0 Å². The van der Waals surface area contributed by atoms with Crippen LogP contribution >= 0.6 is 0 Å². The van der Waals surface area contributed by atoms with Crippen molar-refractivity contribution in [2.45, 2.75) is 19.3 Å². The minimum absolute atomic E-state index is 0.122. The Morgan fingerprint density at radius 3 is 2.22 bits per heavy atom. The Bertz CT molecular complexity index is 1030. The molecular weight excluding hydrogens is 386 g/mol. The predicted octanol–water partition coefficient (Wildman–Crippen LogP) is 3.36. The van der Waals surface area contributed by atoms with Crippen molar-refractivity contribution in [2.75, 3.05) is 0 Å². The highest BCUT2D eigenvalue weighted by molar-refractivity contribution is 5.65. The van der Waals surface area contributed by atoms with Gasteiger partial charge in [-0.05, 0) is 13.0 Å². The number of hydrogen-bond donors (Lipinski definition) is 0. The molecule has 13 heteroatoms. The molecule has 0 aliphatic rings. The van der Waals surface area contributed by atoms with Gasteiger partial charge in [0.2, 0.25) is 0 Å². The van der Waals surface area contributed by atoms with Gasteiger partial charge < -0.3 is 0 Å². The lowest BCUT2D eigenvalue weighted by Gasteiger charge is -2.15. The van der Waals surface area contributed by atoms with Gasteiger partial charge in [-0.3, -0.25) is 19.5 Å². The van der Waals surface area contributed by atoms with Crippen LogP contribution in [0.4, 0.5) is 32.0 Å². The molecule has 0 saturated heterocycles. The lowest BCUT2D eigenvalue weighted by atomic mass is 10.0. The van der Waals surface area contributed by atoms with Crippen LogP contribution in [0, 0.1) is 28.4 Å². The minimum atomic E-state index is -5.10. The first-order valence-electron chi connectivity index (χ1n) is 6.75. The van der Waals surface area contributed by atoms with E-state index in [9.17, 15) is 41.3 Å². The molecule has 1 aromatic heterocycles. The number of alkyl halides is 6. The molecule has 0 radical (unpaired) electrons. The third-order valence-electron chi connectivity index (χ3n) is 3.48. The van der Waals surface area contributed by atoms with Crippen LogP contribution in [-0.4, -0.2) is 14.5 Å². The summed E-state index contributed by atoms with van der Waals surface area (Å²) < 4.78 is 77.8. The van der Waals surface area contributed by atoms with E-state index >= 15 is 0 Å². The summed E-state index contributed by atoms with van der Waals surface area (Å²) in [7, 11) is 0. The van der Waals surface area contributed by atoms with Crippen LogP contribution in [-0.2, 0) is 12.4 Å². The molecule has 142 valence electrons. The Kier molecular flexibility index (Phi) is 4.70. The second kappa shape index (κ2) is 6.38. The third-order valence-corrected chi connectivity index (χ3v) is 3.48. The summed E-state index contributed by atoms with van der Waals surface area (Å²) in [4.78, 5) is 25.2. The van der Waals surface area contributed by atoms with Crippen molar-refractivity contribution in [1.29, 1.82) is 5.26 Å². The Balaban J connectivity index is 2.98. The highest BCUT2D eigenvalue weighted by atomic mass is 19.4. The average Bonchev–Trinajstić information content (AvgIpc) is 2.53. The Morgan fingerprint density at radius 2 is 1.78 bits per heavy atom. The fourth-order valence-corrected chi connectivity index (χ4v) is 2.31. The highest BCUT2D eigenvalue weighted by Gasteiger charge is 2.39. The average molecular weight is 392 g/mol. The van der Waals surface area contributed by atoms with E-state index in [1.54, 1.807) is 0 Å². The fourth-order valence-electron chi connectivity index (χ4n) is 2.31. The van der Waals surface area contributed by atoms with Gasteiger partial charge in [-0.2, -0.15) is 31.6 Å². The molecule has 2 rings (SSSR count). The Labute approximate surface area is 145 Å². The molecular formula is C14H6F6N4O3. The first kappa shape index (κ1) is 19.9. The van der Waals surface area contributed by atoms with Gasteiger partial charge in [0.25, 0.3) is 11.2 Å². The first-order valence-corrected chi connectivity index (χ1v) is 6.75. The molecule has 1 aromatic carbocycles. The zero-order valence-electron chi connectivity index (χ0n) is 13.0. The highest BCUT2D eigenvalue weighted by Crippen LogP contribution is 2.38. The first-order chi connectivity index (χ1) is 12.3. The maximum atomic E-state index is 13.1. The van der Waals surface area contributed by atoms with Gasteiger partial charge in [-0.25, -0.2) is 4.98 Å². The van der Waals surface area contributed by atoms with E-state index in [1.165, 1.54) is 0 Å². The van der Waals surface area contributed by atoms with Crippen LogP contribution in [0.5, 0.6) is 0 Å². The van der Waals surface area contributed by atoms with E-state index in [2.05, 4.69) is 4.98 Å². The largest absolute Gasteiger partial charge is 0.433 e. The second-order valence-corrected chi connectivity index (χ2v) is 5.11. The van der Waals surface area contributed by atoms with E-state index < -0.39 is 56.6 Å². The number of nitriles is 1. The molecule has 0 amide bonds. The lowest BCUT2D eigenvalue weighted by Crippen LogP contribution is -2.28. The van der Waals surface area contributed by atoms with Crippen LogP contribution in [0.25, 0.3) is 5.69 Å². The van der Waals surface area contributed by atoms with Gasteiger partial charge in [0.15, 0.2) is 5.69 Å². The number of rotatable bonds is 2. The molecule has 0 spiro atoms. The van der Waals surface area contributed by atoms with E-state index in [4.69, 9.17) is 5.26 Å². The molecule has 1 heterocycles. The van der Waals surface area contributed by atoms with Crippen molar-refractivity contribution in [3.8, 4) is 11.8 Å². The molecule has 0 saturated carbocycles. The maximum Gasteiger partial charge on any atom is 0.433 e. The summed E-state index contributed by atoms with van der Waals surface area (Å²) in [5, 5.41) is 20.2. The van der Waals surface area contributed by atoms with Crippen molar-refractivity contribution in [2.24, 2.45) is 0 Å². The number of aromatic nitrogens is 2. The summed E-state index contributed by atoms with van der Waals surface area (Å²) in [5.41, 5.74) is -9.18. The smallest absolute Gasteiger partial charge is 0.269 e. The topological polar surface area (TPSA) is 102 Å². The van der Waals surface area contributed by atoms with E-state index in [1.807, 2.05) is 0 Å². The summed E-state index contributed by atoms with van der Waals surface area (Å²) in [6.45, 7) is 0.708. The van der Waals surface area contributed by atoms with Gasteiger partial charge >= 0.3 is 12.4 Å². The monoisotopic (exact) mass is 392 g/mol. The number of nitro groups is 1. The minimum Gasteiger partial charge on any atom is -0.269 e. The van der Waals surface area contributed by atoms with Crippen LogP contribution in [0.2, 0.25) is 0 Å². The SMILES string of the molecule is Cc1c(C(F)(F)F)ncn(-c2c([N+](=O)[O-])ccc(C(F)(F)F)c2C#N)c1=O. The quantitative estimate of drug-likeness (QED) is 0.443. The number of nitrogens with zero attached hydrogens (tertiary/aromatic N) is 4. The Hall–Kier alpha value is -3.43. The maximum absolute atomic E-state index is 13.1. The molecule has 27 heavy (non-hydrogen) atoms. The predicted molar refractivity (Wildman–Crippen MR) is 75.9 cm³/mol. The summed E-state index contributed by atoms with van der Waals surface area (Å²) in [6, 6.07) is 1.80. The normalized spacial score (nSPS) is 11.9. The van der Waals surface area contributed by atoms with Crippen molar-refractivity contribution in [3.63, 3.8) is 0 Å². The fraction of sp³-hybridized carbons (Fsp3) is 0.214. The molecule has 0 bridgehead atoms. The standard InChI is InChI=1S/C14H6F6N4O3/c1-6-11(14(18,19)20)22-5-23(12(6)25)10-7(4-21)8(13(15,16)17)2-3-9(10)24(26)27/h2-3,5H,1H3. The molecule has 7 nitrogen and oxygen atoms in total. The van der Waals surface area contributed by atoms with E-state index in [0.29, 0.717) is 13.0 Å². The zero-order chi connectivity index (χ0) is 20.7. The zero-order valence-corrected chi connectivity index (χ0v) is 13.0. The molecule has 0 fully saturated rings. The summed E-state index contributed by atoms with van der Waals surface area (Å²) >= 11 is 0. The van der Waals surface area contributed by atoms with Gasteiger partial charge in [0.1, 0.15) is 18.1 Å². The Morgan fingerprint density at radius 1 is 1.19 bits per heavy atom. The lowest BCUT2D eigenvalue weighted by molar-refractivity contribution is -0.384. The summed E-state index contributed by atoms with van der Waals surface area (Å²) in [5.74, 6) is 0. The number of nitro benzene ring substituents is 1. The number of hydrogen-bond acceptors (Lipinski definition) is 5. The number of halogens is 6. The van der Waals surface area contributed by atoms with Gasteiger partial charge in [-0.15, -0.1) is 0 Å². The molecule has 0 unspecified atom stereocenters. The van der Waals surface area contributed by atoms with Crippen LogP contribution in [0.15, 0.2) is 23.3 Å². The second-order valence-electron chi connectivity index (χ2n) is 5.11. The van der Waals surface area contributed by atoms with Gasteiger partial charge in [0, 0.05) is 11.6 Å². The van der Waals surface area contributed by atoms with Crippen molar-refractivity contribution in [1.82, 2.24) is 9.55 Å². The van der Waals surface area contributed by atoms with Crippen molar-refractivity contribution >= 4 is 5.69 Å². The third kappa shape index (κ3) is 3.46. The molecule has 0 N–H and O–H groups in total. The number of benzene rings is 1. The van der Waals surface area contributed by atoms with Crippen LogP contribution < -0.4 is 5.56 Å². The van der Waals surface area contributed by atoms with Crippen molar-refractivity contribution in [3.05, 3.63) is 61.3 Å².